The summed E-state index contributed by atoms with van der Waals surface area (Å²) in [4.78, 5) is 0. The molecule has 2 unspecified atom stereocenters. The van der Waals surface area contributed by atoms with Crippen molar-refractivity contribution >= 4 is 0 Å². The maximum Gasteiger partial charge on any atom is 0.0297 e. The monoisotopic (exact) mass is 275 g/mol. The van der Waals surface area contributed by atoms with Crippen molar-refractivity contribution in [1.29, 1.82) is 0 Å². The second-order valence-corrected chi connectivity index (χ2v) is 6.36. The topological polar surface area (TPSA) is 12.0 Å². The van der Waals surface area contributed by atoms with E-state index in [1.54, 1.807) is 0 Å². The molecule has 0 saturated heterocycles. The lowest BCUT2D eigenvalue weighted by molar-refractivity contribution is 0.398. The van der Waals surface area contributed by atoms with Crippen LogP contribution in [0.2, 0.25) is 0 Å². The van der Waals surface area contributed by atoms with Gasteiger partial charge in [0.05, 0.1) is 0 Å². The number of hydrogen-bond donors (Lipinski definition) is 1. The van der Waals surface area contributed by atoms with Crippen molar-refractivity contribution in [2.45, 2.75) is 73.3 Å². The maximum atomic E-state index is 3.76. The summed E-state index contributed by atoms with van der Waals surface area (Å²) < 4.78 is 0. The predicted molar refractivity (Wildman–Crippen MR) is 90.4 cm³/mol. The SMILES string of the molecule is CCCCC(CC)CNC(C)c1c(C)cc(C)cc1C. The van der Waals surface area contributed by atoms with Crippen LogP contribution in [0, 0.1) is 26.7 Å². The zero-order chi connectivity index (χ0) is 15.1. The van der Waals surface area contributed by atoms with Crippen LogP contribution in [0.3, 0.4) is 0 Å². The Morgan fingerprint density at radius 3 is 2.15 bits per heavy atom. The van der Waals surface area contributed by atoms with Crippen molar-refractivity contribution in [3.05, 3.63) is 34.4 Å². The van der Waals surface area contributed by atoms with Crippen molar-refractivity contribution in [2.24, 2.45) is 5.92 Å². The molecule has 0 heterocycles. The van der Waals surface area contributed by atoms with Crippen LogP contribution in [-0.2, 0) is 0 Å². The summed E-state index contributed by atoms with van der Waals surface area (Å²) in [5, 5.41) is 3.76. The molecule has 20 heavy (non-hydrogen) atoms. The maximum absolute atomic E-state index is 3.76. The second-order valence-electron chi connectivity index (χ2n) is 6.36. The van der Waals surface area contributed by atoms with Gasteiger partial charge in [0.25, 0.3) is 0 Å². The van der Waals surface area contributed by atoms with Gasteiger partial charge in [-0.25, -0.2) is 0 Å². The van der Waals surface area contributed by atoms with Gasteiger partial charge < -0.3 is 5.32 Å². The standard InChI is InChI=1S/C19H33N/c1-7-9-10-18(8-2)13-20-17(6)19-15(4)11-14(3)12-16(19)5/h11-12,17-18,20H,7-10,13H2,1-6H3. The van der Waals surface area contributed by atoms with E-state index in [0.717, 1.165) is 12.5 Å². The first-order chi connectivity index (χ1) is 9.49. The first-order valence-corrected chi connectivity index (χ1v) is 8.30. The number of hydrogen-bond acceptors (Lipinski definition) is 1. The molecule has 0 spiro atoms. The van der Waals surface area contributed by atoms with Gasteiger partial charge in [-0.3, -0.25) is 0 Å². The Kier molecular flexibility index (Phi) is 7.29. The van der Waals surface area contributed by atoms with Gasteiger partial charge >= 0.3 is 0 Å². The first kappa shape index (κ1) is 17.2. The fourth-order valence-corrected chi connectivity index (χ4v) is 3.26. The number of rotatable bonds is 8. The molecular formula is C19H33N. The molecule has 1 nitrogen and oxygen atoms in total. The summed E-state index contributed by atoms with van der Waals surface area (Å²) in [6.07, 6.45) is 5.31. The minimum absolute atomic E-state index is 0.450. The number of benzene rings is 1. The third kappa shape index (κ3) is 4.94. The van der Waals surface area contributed by atoms with Crippen molar-refractivity contribution in [2.75, 3.05) is 6.54 Å². The number of unbranched alkanes of at least 4 members (excludes halogenated alkanes) is 1. The predicted octanol–water partition coefficient (Wildman–Crippen LogP) is 5.48. The molecule has 0 aliphatic heterocycles. The van der Waals surface area contributed by atoms with E-state index < -0.39 is 0 Å². The summed E-state index contributed by atoms with van der Waals surface area (Å²) in [5.74, 6) is 0.823. The van der Waals surface area contributed by atoms with E-state index in [1.807, 2.05) is 0 Å². The normalized spacial score (nSPS) is 14.3. The Morgan fingerprint density at radius 2 is 1.65 bits per heavy atom. The highest BCUT2D eigenvalue weighted by Gasteiger charge is 2.13. The summed E-state index contributed by atoms with van der Waals surface area (Å²) >= 11 is 0. The van der Waals surface area contributed by atoms with E-state index in [1.165, 1.54) is 47.9 Å². The Labute approximate surface area is 126 Å². The van der Waals surface area contributed by atoms with Crippen LogP contribution < -0.4 is 5.32 Å². The van der Waals surface area contributed by atoms with Gasteiger partial charge in [-0.1, -0.05) is 50.8 Å². The van der Waals surface area contributed by atoms with Gasteiger partial charge in [-0.2, -0.15) is 0 Å². The van der Waals surface area contributed by atoms with Crippen LogP contribution in [0.5, 0.6) is 0 Å². The lowest BCUT2D eigenvalue weighted by Gasteiger charge is -2.23. The van der Waals surface area contributed by atoms with Crippen molar-refractivity contribution < 1.29 is 0 Å². The molecule has 1 aromatic carbocycles. The van der Waals surface area contributed by atoms with Crippen LogP contribution in [0.1, 0.15) is 74.8 Å². The Morgan fingerprint density at radius 1 is 1.05 bits per heavy atom. The molecule has 0 amide bonds. The zero-order valence-electron chi connectivity index (χ0n) is 14.3. The third-order valence-corrected chi connectivity index (χ3v) is 4.43. The zero-order valence-corrected chi connectivity index (χ0v) is 14.3. The average molecular weight is 275 g/mol. The summed E-state index contributed by atoms with van der Waals surface area (Å²) in [7, 11) is 0. The highest BCUT2D eigenvalue weighted by molar-refractivity contribution is 5.39. The van der Waals surface area contributed by atoms with Gasteiger partial charge in [-0.15, -0.1) is 0 Å². The minimum atomic E-state index is 0.450. The van der Waals surface area contributed by atoms with Crippen LogP contribution in [-0.4, -0.2) is 6.54 Å². The molecule has 2 atom stereocenters. The fourth-order valence-electron chi connectivity index (χ4n) is 3.26. The molecule has 114 valence electrons. The van der Waals surface area contributed by atoms with E-state index in [2.05, 4.69) is 59.0 Å². The molecule has 1 aromatic rings. The molecule has 0 saturated carbocycles. The lowest BCUT2D eigenvalue weighted by Crippen LogP contribution is -2.26. The number of aryl methyl sites for hydroxylation is 3. The van der Waals surface area contributed by atoms with Gasteiger partial charge in [0, 0.05) is 6.04 Å². The van der Waals surface area contributed by atoms with Gasteiger partial charge in [0.2, 0.25) is 0 Å². The van der Waals surface area contributed by atoms with Crippen molar-refractivity contribution in [3.63, 3.8) is 0 Å². The van der Waals surface area contributed by atoms with E-state index in [9.17, 15) is 0 Å². The highest BCUT2D eigenvalue weighted by Crippen LogP contribution is 2.24. The molecular weight excluding hydrogens is 242 g/mol. The summed E-state index contributed by atoms with van der Waals surface area (Å²) in [5.41, 5.74) is 5.69. The molecule has 1 heteroatoms. The van der Waals surface area contributed by atoms with Crippen LogP contribution in [0.15, 0.2) is 12.1 Å². The molecule has 1 N–H and O–H groups in total. The largest absolute Gasteiger partial charge is 0.310 e. The highest BCUT2D eigenvalue weighted by atomic mass is 14.9. The minimum Gasteiger partial charge on any atom is -0.310 e. The second kappa shape index (κ2) is 8.46. The van der Waals surface area contributed by atoms with Crippen LogP contribution in [0.4, 0.5) is 0 Å². The molecule has 1 rings (SSSR count). The van der Waals surface area contributed by atoms with Crippen LogP contribution in [0.25, 0.3) is 0 Å². The lowest BCUT2D eigenvalue weighted by atomic mass is 9.93. The smallest absolute Gasteiger partial charge is 0.0297 e. The van der Waals surface area contributed by atoms with E-state index >= 15 is 0 Å². The molecule has 0 bridgehead atoms. The van der Waals surface area contributed by atoms with Crippen molar-refractivity contribution in [3.8, 4) is 0 Å². The van der Waals surface area contributed by atoms with Crippen molar-refractivity contribution in [1.82, 2.24) is 5.32 Å². The molecule has 0 radical (unpaired) electrons. The molecule has 0 aliphatic rings. The average Bonchev–Trinajstić information content (AvgIpc) is 2.37. The Balaban J connectivity index is 2.64. The fraction of sp³-hybridized carbons (Fsp3) is 0.684. The summed E-state index contributed by atoms with van der Waals surface area (Å²) in [6.45, 7) is 14.7. The molecule has 0 aliphatic carbocycles. The van der Waals surface area contributed by atoms with Gasteiger partial charge in [0.1, 0.15) is 0 Å². The Bertz CT molecular complexity index is 385. The van der Waals surface area contributed by atoms with Gasteiger partial charge in [-0.05, 0) is 63.3 Å². The van der Waals surface area contributed by atoms with E-state index in [-0.39, 0.29) is 0 Å². The van der Waals surface area contributed by atoms with E-state index in [0.29, 0.717) is 6.04 Å². The molecule has 0 fully saturated rings. The third-order valence-electron chi connectivity index (χ3n) is 4.43. The van der Waals surface area contributed by atoms with E-state index in [4.69, 9.17) is 0 Å². The Hall–Kier alpha value is -0.820. The van der Waals surface area contributed by atoms with Crippen LogP contribution >= 0.6 is 0 Å². The summed E-state index contributed by atoms with van der Waals surface area (Å²) in [6, 6.07) is 5.05. The molecule has 0 aromatic heterocycles. The quantitative estimate of drug-likeness (QED) is 0.662. The first-order valence-electron chi connectivity index (χ1n) is 8.30. The number of nitrogens with one attached hydrogen (secondary N) is 1. The van der Waals surface area contributed by atoms with Gasteiger partial charge in [0.15, 0.2) is 0 Å².